The molecule has 0 spiro atoms. The first-order chi connectivity index (χ1) is 11.9. The fourth-order valence-electron chi connectivity index (χ4n) is 2.65. The molecule has 0 aliphatic rings. The van der Waals surface area contributed by atoms with Gasteiger partial charge in [0.2, 0.25) is 9.70 Å². The molecule has 0 heterocycles. The molecule has 2 aromatic carbocycles. The molecule has 6 heteroatoms. The second-order valence-electron chi connectivity index (χ2n) is 6.02. The fraction of sp³-hybridized carbons (Fsp3) is 0.421. The van der Waals surface area contributed by atoms with Crippen LogP contribution in [0.15, 0.2) is 42.5 Å². The highest BCUT2D eigenvalue weighted by molar-refractivity contribution is 6.68. The highest BCUT2D eigenvalue weighted by Crippen LogP contribution is 2.33. The molecule has 2 rings (SSSR count). The lowest BCUT2D eigenvalue weighted by Crippen LogP contribution is -2.49. The highest BCUT2D eigenvalue weighted by Gasteiger charge is 2.34. The van der Waals surface area contributed by atoms with Gasteiger partial charge in [-0.2, -0.15) is 0 Å². The average molecular weight is 402 g/mol. The van der Waals surface area contributed by atoms with E-state index >= 15 is 0 Å². The third kappa shape index (κ3) is 6.25. The van der Waals surface area contributed by atoms with Crippen molar-refractivity contribution < 1.29 is 4.79 Å². The molecule has 0 aromatic heterocycles. The van der Waals surface area contributed by atoms with E-state index < -0.39 is 9.96 Å². The van der Waals surface area contributed by atoms with Crippen LogP contribution in [0.2, 0.25) is 0 Å². The Hall–Kier alpha value is -1.16. The van der Waals surface area contributed by atoms with Gasteiger partial charge in [0.1, 0.15) is 6.17 Å². The lowest BCUT2D eigenvalue weighted by molar-refractivity contribution is -0.121. The standard InChI is InChI=1S/C19H23Cl3N2O/c1-2-3-4-5-13-17(25)24-18(19(20,21)22)23-16-12-8-10-14-9-6-7-11-15(14)16/h6-12,18,23H,2-5,13H2,1H3,(H,24,25). The Morgan fingerprint density at radius 3 is 2.48 bits per heavy atom. The van der Waals surface area contributed by atoms with Crippen molar-refractivity contribution in [2.75, 3.05) is 5.32 Å². The quantitative estimate of drug-likeness (QED) is 0.322. The molecule has 0 saturated carbocycles. The van der Waals surface area contributed by atoms with Crippen LogP contribution < -0.4 is 10.6 Å². The van der Waals surface area contributed by atoms with E-state index in [0.29, 0.717) is 6.42 Å². The molecule has 136 valence electrons. The number of halogens is 3. The summed E-state index contributed by atoms with van der Waals surface area (Å²) in [4.78, 5) is 12.2. The van der Waals surface area contributed by atoms with Gasteiger partial charge in [0.15, 0.2) is 0 Å². The molecule has 3 nitrogen and oxygen atoms in total. The lowest BCUT2D eigenvalue weighted by Gasteiger charge is -2.28. The maximum absolute atomic E-state index is 12.2. The second-order valence-corrected chi connectivity index (χ2v) is 8.39. The molecule has 0 bridgehead atoms. The largest absolute Gasteiger partial charge is 0.361 e. The van der Waals surface area contributed by atoms with E-state index in [4.69, 9.17) is 34.8 Å². The zero-order valence-electron chi connectivity index (χ0n) is 14.2. The molecule has 2 aromatic rings. The third-order valence-corrected chi connectivity index (χ3v) is 4.63. The SMILES string of the molecule is CCCCCCC(=O)NC(Nc1cccc2ccccc12)C(Cl)(Cl)Cl. The second kappa shape index (κ2) is 9.51. The van der Waals surface area contributed by atoms with Gasteiger partial charge in [-0.3, -0.25) is 4.79 Å². The zero-order chi connectivity index (χ0) is 18.3. The Bertz CT molecular complexity index is 695. The van der Waals surface area contributed by atoms with Gasteiger partial charge >= 0.3 is 0 Å². The summed E-state index contributed by atoms with van der Waals surface area (Å²) in [6.07, 6.45) is 3.71. The van der Waals surface area contributed by atoms with Crippen molar-refractivity contribution in [2.24, 2.45) is 0 Å². The summed E-state index contributed by atoms with van der Waals surface area (Å²) in [5.41, 5.74) is 0.806. The van der Waals surface area contributed by atoms with Crippen LogP contribution in [0.4, 0.5) is 5.69 Å². The van der Waals surface area contributed by atoms with Gasteiger partial charge in [-0.05, 0) is 17.9 Å². The number of hydrogen-bond acceptors (Lipinski definition) is 2. The van der Waals surface area contributed by atoms with Crippen molar-refractivity contribution in [1.82, 2.24) is 5.32 Å². The van der Waals surface area contributed by atoms with E-state index in [-0.39, 0.29) is 5.91 Å². The Labute approximate surface area is 164 Å². The first-order valence-corrected chi connectivity index (χ1v) is 9.65. The average Bonchev–Trinajstić information content (AvgIpc) is 2.57. The number of carbonyl (C=O) groups is 1. The minimum atomic E-state index is -1.67. The van der Waals surface area contributed by atoms with Gasteiger partial charge in [-0.25, -0.2) is 0 Å². The van der Waals surface area contributed by atoms with Gasteiger partial charge in [0, 0.05) is 17.5 Å². The highest BCUT2D eigenvalue weighted by atomic mass is 35.6. The third-order valence-electron chi connectivity index (χ3n) is 3.98. The number of anilines is 1. The summed E-state index contributed by atoms with van der Waals surface area (Å²) in [6.45, 7) is 2.13. The van der Waals surface area contributed by atoms with E-state index in [1.54, 1.807) is 0 Å². The van der Waals surface area contributed by atoms with E-state index in [1.807, 2.05) is 42.5 Å². The summed E-state index contributed by atoms with van der Waals surface area (Å²) in [5.74, 6) is -0.125. The van der Waals surface area contributed by atoms with E-state index in [9.17, 15) is 4.79 Å². The molecule has 0 aliphatic heterocycles. The summed E-state index contributed by atoms with van der Waals surface area (Å²) in [7, 11) is 0. The van der Waals surface area contributed by atoms with Gasteiger partial charge in [0.05, 0.1) is 0 Å². The van der Waals surface area contributed by atoms with Gasteiger partial charge in [0.25, 0.3) is 0 Å². The molecule has 1 amide bonds. The monoisotopic (exact) mass is 400 g/mol. The normalized spacial score (nSPS) is 12.8. The maximum Gasteiger partial charge on any atom is 0.228 e. The Morgan fingerprint density at radius 2 is 1.76 bits per heavy atom. The van der Waals surface area contributed by atoms with Crippen molar-refractivity contribution in [1.29, 1.82) is 0 Å². The number of nitrogens with one attached hydrogen (secondary N) is 2. The zero-order valence-corrected chi connectivity index (χ0v) is 16.5. The number of benzene rings is 2. The van der Waals surface area contributed by atoms with Crippen LogP contribution in [-0.4, -0.2) is 15.9 Å². The maximum atomic E-state index is 12.2. The van der Waals surface area contributed by atoms with Gasteiger partial charge in [-0.15, -0.1) is 0 Å². The molecule has 1 unspecified atom stereocenters. The summed E-state index contributed by atoms with van der Waals surface area (Å²) in [6, 6.07) is 13.8. The number of hydrogen-bond donors (Lipinski definition) is 2. The Balaban J connectivity index is 2.09. The molecule has 0 aliphatic carbocycles. The van der Waals surface area contributed by atoms with Crippen LogP contribution >= 0.6 is 34.8 Å². The molecule has 0 saturated heterocycles. The smallest absolute Gasteiger partial charge is 0.228 e. The number of unbranched alkanes of at least 4 members (excludes halogenated alkanes) is 3. The number of alkyl halides is 3. The van der Waals surface area contributed by atoms with Crippen LogP contribution in [0, 0.1) is 0 Å². The molecule has 25 heavy (non-hydrogen) atoms. The van der Waals surface area contributed by atoms with E-state index in [1.165, 1.54) is 0 Å². The van der Waals surface area contributed by atoms with Gasteiger partial charge < -0.3 is 10.6 Å². The molecule has 2 N–H and O–H groups in total. The van der Waals surface area contributed by atoms with Crippen molar-refractivity contribution in [3.05, 3.63) is 42.5 Å². The van der Waals surface area contributed by atoms with Crippen molar-refractivity contribution in [3.8, 4) is 0 Å². The number of carbonyl (C=O) groups excluding carboxylic acids is 1. The van der Waals surface area contributed by atoms with Crippen molar-refractivity contribution in [3.63, 3.8) is 0 Å². The molecule has 1 atom stereocenters. The minimum Gasteiger partial charge on any atom is -0.361 e. The van der Waals surface area contributed by atoms with E-state index in [0.717, 1.165) is 42.1 Å². The molecular weight excluding hydrogens is 379 g/mol. The predicted octanol–water partition coefficient (Wildman–Crippen LogP) is 6.03. The van der Waals surface area contributed by atoms with Gasteiger partial charge in [-0.1, -0.05) is 97.4 Å². The first-order valence-electron chi connectivity index (χ1n) is 8.52. The van der Waals surface area contributed by atoms with Crippen LogP contribution in [0.3, 0.4) is 0 Å². The van der Waals surface area contributed by atoms with Crippen LogP contribution in [0.5, 0.6) is 0 Å². The number of fused-ring (bicyclic) bond motifs is 1. The Morgan fingerprint density at radius 1 is 1.04 bits per heavy atom. The van der Waals surface area contributed by atoms with Crippen LogP contribution in [0.1, 0.15) is 39.0 Å². The number of rotatable bonds is 8. The molecule has 0 fully saturated rings. The lowest BCUT2D eigenvalue weighted by atomic mass is 10.1. The fourth-order valence-corrected chi connectivity index (χ4v) is 2.98. The minimum absolute atomic E-state index is 0.125. The van der Waals surface area contributed by atoms with E-state index in [2.05, 4.69) is 17.6 Å². The molecule has 0 radical (unpaired) electrons. The number of amides is 1. The van der Waals surface area contributed by atoms with Crippen LogP contribution in [0.25, 0.3) is 10.8 Å². The summed E-state index contributed by atoms with van der Waals surface area (Å²) >= 11 is 18.2. The Kier molecular flexibility index (Phi) is 7.67. The molecular formula is C19H23Cl3N2O. The van der Waals surface area contributed by atoms with Crippen molar-refractivity contribution in [2.45, 2.75) is 49.0 Å². The van der Waals surface area contributed by atoms with Crippen LogP contribution in [-0.2, 0) is 4.79 Å². The topological polar surface area (TPSA) is 41.1 Å². The van der Waals surface area contributed by atoms with Crippen molar-refractivity contribution >= 4 is 57.2 Å². The summed E-state index contributed by atoms with van der Waals surface area (Å²) < 4.78 is -1.67. The first kappa shape index (κ1) is 20.2. The summed E-state index contributed by atoms with van der Waals surface area (Å²) in [5, 5.41) is 8.04. The predicted molar refractivity (Wildman–Crippen MR) is 109 cm³/mol.